The fourth-order valence-corrected chi connectivity index (χ4v) is 3.83. The van der Waals surface area contributed by atoms with Crippen LogP contribution in [0.25, 0.3) is 0 Å². The number of hydrogen-bond donors (Lipinski definition) is 1. The van der Waals surface area contributed by atoms with Crippen LogP contribution in [-0.4, -0.2) is 6.54 Å². The molecule has 1 aromatic heterocycles. The Morgan fingerprint density at radius 1 is 1.19 bits per heavy atom. The van der Waals surface area contributed by atoms with Gasteiger partial charge in [0.25, 0.3) is 0 Å². The van der Waals surface area contributed by atoms with Crippen LogP contribution in [0, 0.1) is 0 Å². The Bertz CT molecular complexity index is 506. The van der Waals surface area contributed by atoms with Crippen molar-refractivity contribution < 1.29 is 0 Å². The van der Waals surface area contributed by atoms with Crippen LogP contribution in [0.4, 0.5) is 0 Å². The van der Waals surface area contributed by atoms with Crippen LogP contribution >= 0.6 is 27.3 Å². The first-order valence-corrected chi connectivity index (χ1v) is 7.12. The van der Waals surface area contributed by atoms with Crippen molar-refractivity contribution in [2.75, 3.05) is 6.54 Å². The first kappa shape index (κ1) is 10.5. The molecule has 0 fully saturated rings. The summed E-state index contributed by atoms with van der Waals surface area (Å²) in [4.78, 5) is 0. The van der Waals surface area contributed by atoms with Crippen molar-refractivity contribution in [2.24, 2.45) is 0 Å². The van der Waals surface area contributed by atoms with Gasteiger partial charge in [-0.15, -0.1) is 0 Å². The van der Waals surface area contributed by atoms with E-state index in [9.17, 15) is 0 Å². The molecule has 0 bridgehead atoms. The number of nitrogens with one attached hydrogen (secondary N) is 1. The molecule has 1 atom stereocenters. The summed E-state index contributed by atoms with van der Waals surface area (Å²) < 4.78 is 1.21. The van der Waals surface area contributed by atoms with Gasteiger partial charge in [0.2, 0.25) is 0 Å². The highest BCUT2D eigenvalue weighted by Crippen LogP contribution is 2.34. The number of hydrogen-bond acceptors (Lipinski definition) is 2. The maximum absolute atomic E-state index is 3.62. The number of halogens is 1. The molecule has 3 rings (SSSR count). The van der Waals surface area contributed by atoms with Gasteiger partial charge in [0.15, 0.2) is 0 Å². The third-order valence-electron chi connectivity index (χ3n) is 3.06. The zero-order valence-electron chi connectivity index (χ0n) is 8.74. The van der Waals surface area contributed by atoms with E-state index in [4.69, 9.17) is 0 Å². The average molecular weight is 294 g/mol. The predicted octanol–water partition coefficient (Wildman–Crippen LogP) is 3.75. The molecular formula is C13H12BrNS. The van der Waals surface area contributed by atoms with Crippen LogP contribution < -0.4 is 5.32 Å². The van der Waals surface area contributed by atoms with Crippen LogP contribution in [0.1, 0.15) is 22.7 Å². The van der Waals surface area contributed by atoms with Crippen molar-refractivity contribution in [3.8, 4) is 0 Å². The highest BCUT2D eigenvalue weighted by atomic mass is 79.9. The van der Waals surface area contributed by atoms with Crippen molar-refractivity contribution in [3.63, 3.8) is 0 Å². The van der Waals surface area contributed by atoms with E-state index in [-0.39, 0.29) is 0 Å². The van der Waals surface area contributed by atoms with E-state index in [1.165, 1.54) is 21.2 Å². The van der Waals surface area contributed by atoms with E-state index in [1.807, 2.05) is 0 Å². The van der Waals surface area contributed by atoms with Gasteiger partial charge in [-0.25, -0.2) is 0 Å². The van der Waals surface area contributed by atoms with Crippen LogP contribution in [0.2, 0.25) is 0 Å². The Labute approximate surface area is 108 Å². The summed E-state index contributed by atoms with van der Waals surface area (Å²) in [6.45, 7) is 1.06. The van der Waals surface area contributed by atoms with Gasteiger partial charge in [-0.1, -0.05) is 24.3 Å². The normalized spacial score (nSPS) is 19.4. The highest BCUT2D eigenvalue weighted by molar-refractivity contribution is 9.10. The van der Waals surface area contributed by atoms with Crippen LogP contribution in [0.5, 0.6) is 0 Å². The van der Waals surface area contributed by atoms with E-state index in [1.54, 1.807) is 11.3 Å². The monoisotopic (exact) mass is 293 g/mol. The van der Waals surface area contributed by atoms with Gasteiger partial charge in [0, 0.05) is 16.4 Å². The summed E-state index contributed by atoms with van der Waals surface area (Å²) >= 11 is 5.37. The van der Waals surface area contributed by atoms with Gasteiger partial charge in [0.05, 0.1) is 6.04 Å². The second-order valence-corrected chi connectivity index (χ2v) is 5.61. The lowest BCUT2D eigenvalue weighted by molar-refractivity contribution is 0.568. The molecule has 82 valence electrons. The van der Waals surface area contributed by atoms with Crippen molar-refractivity contribution in [3.05, 3.63) is 56.2 Å². The lowest BCUT2D eigenvalue weighted by Crippen LogP contribution is -2.30. The van der Waals surface area contributed by atoms with Gasteiger partial charge in [0.1, 0.15) is 0 Å². The topological polar surface area (TPSA) is 12.0 Å². The smallest absolute Gasteiger partial charge is 0.0599 e. The molecule has 0 radical (unpaired) electrons. The van der Waals surface area contributed by atoms with E-state index in [0.29, 0.717) is 6.04 Å². The maximum atomic E-state index is 3.62. The van der Waals surface area contributed by atoms with Crippen LogP contribution in [0.15, 0.2) is 39.5 Å². The Balaban J connectivity index is 2.08. The van der Waals surface area contributed by atoms with E-state index in [0.717, 1.165) is 13.0 Å². The van der Waals surface area contributed by atoms with Crippen molar-refractivity contribution in [1.29, 1.82) is 0 Å². The molecule has 0 aliphatic carbocycles. The van der Waals surface area contributed by atoms with E-state index >= 15 is 0 Å². The molecule has 1 nitrogen and oxygen atoms in total. The van der Waals surface area contributed by atoms with E-state index in [2.05, 4.69) is 56.3 Å². The number of rotatable bonds is 1. The second-order valence-electron chi connectivity index (χ2n) is 4.01. The summed E-state index contributed by atoms with van der Waals surface area (Å²) in [5.74, 6) is 0. The molecule has 3 heteroatoms. The molecule has 1 aliphatic rings. The molecule has 1 aromatic carbocycles. The zero-order chi connectivity index (χ0) is 11.0. The van der Waals surface area contributed by atoms with Gasteiger partial charge in [-0.2, -0.15) is 11.3 Å². The Hall–Kier alpha value is -0.640. The summed E-state index contributed by atoms with van der Waals surface area (Å²) in [5.41, 5.74) is 4.26. The van der Waals surface area contributed by atoms with Gasteiger partial charge >= 0.3 is 0 Å². The fraction of sp³-hybridized carbons (Fsp3) is 0.231. The third kappa shape index (κ3) is 1.73. The minimum absolute atomic E-state index is 0.352. The lowest BCUT2D eigenvalue weighted by Gasteiger charge is -2.26. The molecule has 1 aliphatic heterocycles. The standard InChI is InChI=1S/C13H12BrNS/c14-12-8-16-7-11(12)13-10-4-2-1-3-9(10)5-6-15-13/h1-4,7-8,13,15H,5-6H2. The van der Waals surface area contributed by atoms with Crippen LogP contribution in [0.3, 0.4) is 0 Å². The number of benzene rings is 1. The largest absolute Gasteiger partial charge is 0.306 e. The fourth-order valence-electron chi connectivity index (χ4n) is 2.28. The molecular weight excluding hydrogens is 282 g/mol. The molecule has 1 unspecified atom stereocenters. The quantitative estimate of drug-likeness (QED) is 0.844. The first-order valence-electron chi connectivity index (χ1n) is 5.39. The molecule has 2 aromatic rings. The van der Waals surface area contributed by atoms with Gasteiger partial charge in [-0.05, 0) is 44.4 Å². The second kappa shape index (κ2) is 4.32. The molecule has 0 saturated carbocycles. The average Bonchev–Trinajstić information content (AvgIpc) is 2.75. The van der Waals surface area contributed by atoms with Crippen molar-refractivity contribution >= 4 is 27.3 Å². The van der Waals surface area contributed by atoms with Gasteiger partial charge < -0.3 is 5.32 Å². The minimum atomic E-state index is 0.352. The summed E-state index contributed by atoms with van der Waals surface area (Å²) in [5, 5.41) is 7.97. The summed E-state index contributed by atoms with van der Waals surface area (Å²) in [6.07, 6.45) is 1.13. The zero-order valence-corrected chi connectivity index (χ0v) is 11.1. The molecule has 0 spiro atoms. The minimum Gasteiger partial charge on any atom is -0.306 e. The SMILES string of the molecule is Brc1cscc1C1NCCc2ccccc21. The number of fused-ring (bicyclic) bond motifs is 1. The molecule has 16 heavy (non-hydrogen) atoms. The molecule has 0 amide bonds. The first-order chi connectivity index (χ1) is 7.86. The maximum Gasteiger partial charge on any atom is 0.0599 e. The summed E-state index contributed by atoms with van der Waals surface area (Å²) in [7, 11) is 0. The Morgan fingerprint density at radius 2 is 2.06 bits per heavy atom. The van der Waals surface area contributed by atoms with Gasteiger partial charge in [-0.3, -0.25) is 0 Å². The lowest BCUT2D eigenvalue weighted by atomic mass is 9.91. The Kier molecular flexibility index (Phi) is 2.84. The molecule has 2 heterocycles. The van der Waals surface area contributed by atoms with E-state index < -0.39 is 0 Å². The summed E-state index contributed by atoms with van der Waals surface area (Å²) in [6, 6.07) is 9.08. The molecule has 1 N–H and O–H groups in total. The molecule has 0 saturated heterocycles. The Morgan fingerprint density at radius 3 is 2.88 bits per heavy atom. The van der Waals surface area contributed by atoms with Crippen molar-refractivity contribution in [1.82, 2.24) is 5.32 Å². The van der Waals surface area contributed by atoms with Crippen LogP contribution in [-0.2, 0) is 6.42 Å². The highest BCUT2D eigenvalue weighted by Gasteiger charge is 2.22. The predicted molar refractivity (Wildman–Crippen MR) is 72.0 cm³/mol. The van der Waals surface area contributed by atoms with Crippen molar-refractivity contribution in [2.45, 2.75) is 12.5 Å². The third-order valence-corrected chi connectivity index (χ3v) is 4.81. The number of thiophene rings is 1.